The monoisotopic (exact) mass is 292 g/mol. The SMILES string of the molecule is CCNC1(C(N)=O)CCCC(Sc2cccc(C)c2)C1. The van der Waals surface area contributed by atoms with Crippen LogP contribution in [0.4, 0.5) is 0 Å². The Morgan fingerprint density at radius 3 is 3.00 bits per heavy atom. The maximum atomic E-state index is 11.9. The molecule has 0 aromatic heterocycles. The lowest BCUT2D eigenvalue weighted by atomic mass is 9.80. The number of aryl methyl sites for hydroxylation is 1. The fourth-order valence-electron chi connectivity index (χ4n) is 3.02. The Kier molecular flexibility index (Phi) is 5.11. The van der Waals surface area contributed by atoms with Gasteiger partial charge in [0.2, 0.25) is 5.91 Å². The minimum atomic E-state index is -0.505. The number of thioether (sulfide) groups is 1. The van der Waals surface area contributed by atoms with Crippen molar-refractivity contribution in [3.05, 3.63) is 29.8 Å². The van der Waals surface area contributed by atoms with Gasteiger partial charge < -0.3 is 11.1 Å². The number of rotatable bonds is 5. The molecule has 1 aromatic carbocycles. The van der Waals surface area contributed by atoms with Crippen molar-refractivity contribution in [3.63, 3.8) is 0 Å². The molecule has 1 aliphatic rings. The van der Waals surface area contributed by atoms with Crippen LogP contribution in [0, 0.1) is 6.92 Å². The molecule has 4 heteroatoms. The maximum absolute atomic E-state index is 11.9. The van der Waals surface area contributed by atoms with Gasteiger partial charge in [0, 0.05) is 10.1 Å². The molecule has 0 bridgehead atoms. The normalized spacial score (nSPS) is 26.4. The van der Waals surface area contributed by atoms with Crippen LogP contribution in [0.2, 0.25) is 0 Å². The Hall–Kier alpha value is -1.00. The number of amides is 1. The summed E-state index contributed by atoms with van der Waals surface area (Å²) >= 11 is 1.88. The largest absolute Gasteiger partial charge is 0.368 e. The van der Waals surface area contributed by atoms with E-state index in [9.17, 15) is 4.79 Å². The van der Waals surface area contributed by atoms with E-state index < -0.39 is 5.54 Å². The summed E-state index contributed by atoms with van der Waals surface area (Å²) in [4.78, 5) is 13.2. The van der Waals surface area contributed by atoms with E-state index in [0.717, 1.165) is 32.2 Å². The van der Waals surface area contributed by atoms with Crippen LogP contribution < -0.4 is 11.1 Å². The molecule has 2 unspecified atom stereocenters. The van der Waals surface area contributed by atoms with E-state index in [1.54, 1.807) is 0 Å². The second-order valence-corrected chi connectivity index (χ2v) is 7.00. The first-order valence-corrected chi connectivity index (χ1v) is 8.22. The molecule has 0 radical (unpaired) electrons. The first-order chi connectivity index (χ1) is 9.55. The van der Waals surface area contributed by atoms with Crippen LogP contribution in [-0.4, -0.2) is 23.2 Å². The molecule has 0 spiro atoms. The molecular weight excluding hydrogens is 268 g/mol. The average Bonchev–Trinajstić information content (AvgIpc) is 2.39. The predicted octanol–water partition coefficient (Wildman–Crippen LogP) is 2.86. The first kappa shape index (κ1) is 15.4. The Morgan fingerprint density at radius 1 is 1.55 bits per heavy atom. The number of nitrogens with one attached hydrogen (secondary N) is 1. The quantitative estimate of drug-likeness (QED) is 0.877. The Bertz CT molecular complexity index is 473. The molecule has 1 saturated carbocycles. The Labute approximate surface area is 125 Å². The van der Waals surface area contributed by atoms with E-state index in [0.29, 0.717) is 5.25 Å². The van der Waals surface area contributed by atoms with Crippen LogP contribution in [0.5, 0.6) is 0 Å². The minimum absolute atomic E-state index is 0.200. The van der Waals surface area contributed by atoms with Crippen molar-refractivity contribution in [2.75, 3.05) is 6.54 Å². The van der Waals surface area contributed by atoms with Gasteiger partial charge in [0.15, 0.2) is 0 Å². The maximum Gasteiger partial charge on any atom is 0.237 e. The van der Waals surface area contributed by atoms with Crippen molar-refractivity contribution in [2.45, 2.75) is 55.2 Å². The summed E-state index contributed by atoms with van der Waals surface area (Å²) in [6.07, 6.45) is 3.90. The standard InChI is InChI=1S/C16H24N2OS/c1-3-18-16(15(17)19)9-5-8-14(11-16)20-13-7-4-6-12(2)10-13/h4,6-7,10,14,18H,3,5,8-9,11H2,1-2H3,(H2,17,19). The zero-order valence-electron chi connectivity index (χ0n) is 12.3. The number of hydrogen-bond acceptors (Lipinski definition) is 3. The third kappa shape index (κ3) is 3.55. The Morgan fingerprint density at radius 2 is 2.35 bits per heavy atom. The zero-order valence-corrected chi connectivity index (χ0v) is 13.1. The van der Waals surface area contributed by atoms with Gasteiger partial charge in [-0.05, 0) is 51.3 Å². The van der Waals surface area contributed by atoms with Crippen molar-refractivity contribution in [3.8, 4) is 0 Å². The predicted molar refractivity (Wildman–Crippen MR) is 84.9 cm³/mol. The summed E-state index contributed by atoms with van der Waals surface area (Å²) < 4.78 is 0. The topological polar surface area (TPSA) is 55.1 Å². The van der Waals surface area contributed by atoms with Gasteiger partial charge in [0.05, 0.1) is 5.54 Å². The van der Waals surface area contributed by atoms with E-state index in [1.165, 1.54) is 10.5 Å². The van der Waals surface area contributed by atoms with E-state index in [4.69, 9.17) is 5.73 Å². The van der Waals surface area contributed by atoms with Crippen LogP contribution in [0.1, 0.15) is 38.2 Å². The van der Waals surface area contributed by atoms with Crippen LogP contribution >= 0.6 is 11.8 Å². The summed E-state index contributed by atoms with van der Waals surface area (Å²) in [6, 6.07) is 8.55. The van der Waals surface area contributed by atoms with Crippen LogP contribution in [0.3, 0.4) is 0 Å². The fraction of sp³-hybridized carbons (Fsp3) is 0.562. The molecule has 3 nitrogen and oxygen atoms in total. The molecular formula is C16H24N2OS. The van der Waals surface area contributed by atoms with Gasteiger partial charge >= 0.3 is 0 Å². The highest BCUT2D eigenvalue weighted by atomic mass is 32.2. The molecule has 2 atom stereocenters. The Balaban J connectivity index is 2.08. The number of nitrogens with two attached hydrogens (primary N) is 1. The third-order valence-electron chi connectivity index (χ3n) is 3.98. The summed E-state index contributed by atoms with van der Waals surface area (Å²) in [5.41, 5.74) is 6.43. The number of primary amides is 1. The zero-order chi connectivity index (χ0) is 14.6. The van der Waals surface area contributed by atoms with Gasteiger partial charge in [-0.25, -0.2) is 0 Å². The lowest BCUT2D eigenvalue weighted by molar-refractivity contribution is -0.125. The minimum Gasteiger partial charge on any atom is -0.368 e. The smallest absolute Gasteiger partial charge is 0.237 e. The van der Waals surface area contributed by atoms with Crippen molar-refractivity contribution in [1.82, 2.24) is 5.32 Å². The number of carbonyl (C=O) groups excluding carboxylic acids is 1. The molecule has 3 N–H and O–H groups in total. The van der Waals surface area contributed by atoms with Crippen LogP contribution in [-0.2, 0) is 4.79 Å². The highest BCUT2D eigenvalue weighted by molar-refractivity contribution is 8.00. The van der Waals surface area contributed by atoms with Gasteiger partial charge in [0.1, 0.15) is 0 Å². The second-order valence-electron chi connectivity index (χ2n) is 5.63. The molecule has 0 saturated heterocycles. The molecule has 0 heterocycles. The molecule has 1 amide bonds. The van der Waals surface area contributed by atoms with E-state index in [1.807, 2.05) is 18.7 Å². The van der Waals surface area contributed by atoms with E-state index in [2.05, 4.69) is 36.5 Å². The van der Waals surface area contributed by atoms with Crippen molar-refractivity contribution in [1.29, 1.82) is 0 Å². The van der Waals surface area contributed by atoms with Crippen LogP contribution in [0.25, 0.3) is 0 Å². The number of carbonyl (C=O) groups is 1. The van der Waals surface area contributed by atoms with Gasteiger partial charge in [-0.3, -0.25) is 4.79 Å². The molecule has 110 valence electrons. The molecule has 2 rings (SSSR count). The lowest BCUT2D eigenvalue weighted by Crippen LogP contribution is -2.58. The summed E-state index contributed by atoms with van der Waals surface area (Å²) in [6.45, 7) is 4.92. The van der Waals surface area contributed by atoms with Gasteiger partial charge in [0.25, 0.3) is 0 Å². The van der Waals surface area contributed by atoms with E-state index in [-0.39, 0.29) is 5.91 Å². The average molecular weight is 292 g/mol. The van der Waals surface area contributed by atoms with Gasteiger partial charge in [-0.15, -0.1) is 11.8 Å². The molecule has 1 fully saturated rings. The third-order valence-corrected chi connectivity index (χ3v) is 5.25. The van der Waals surface area contributed by atoms with Gasteiger partial charge in [-0.2, -0.15) is 0 Å². The number of benzene rings is 1. The molecule has 1 aliphatic carbocycles. The fourth-order valence-corrected chi connectivity index (χ4v) is 4.46. The van der Waals surface area contributed by atoms with Gasteiger partial charge in [-0.1, -0.05) is 24.6 Å². The van der Waals surface area contributed by atoms with Crippen molar-refractivity contribution < 1.29 is 4.79 Å². The first-order valence-electron chi connectivity index (χ1n) is 7.34. The molecule has 1 aromatic rings. The second kappa shape index (κ2) is 6.64. The highest BCUT2D eigenvalue weighted by Crippen LogP contribution is 2.38. The number of hydrogen-bond donors (Lipinski definition) is 2. The number of likely N-dealkylation sites (N-methyl/N-ethyl adjacent to an activating group) is 1. The van der Waals surface area contributed by atoms with E-state index >= 15 is 0 Å². The molecule has 20 heavy (non-hydrogen) atoms. The highest BCUT2D eigenvalue weighted by Gasteiger charge is 2.40. The van der Waals surface area contributed by atoms with Crippen LogP contribution in [0.15, 0.2) is 29.2 Å². The van der Waals surface area contributed by atoms with Crippen molar-refractivity contribution in [2.24, 2.45) is 5.73 Å². The summed E-state index contributed by atoms with van der Waals surface area (Å²) in [5, 5.41) is 3.79. The molecule has 0 aliphatic heterocycles. The summed E-state index contributed by atoms with van der Waals surface area (Å²) in [5.74, 6) is -0.200. The summed E-state index contributed by atoms with van der Waals surface area (Å²) in [7, 11) is 0. The van der Waals surface area contributed by atoms with Crippen molar-refractivity contribution >= 4 is 17.7 Å². The lowest BCUT2D eigenvalue weighted by Gasteiger charge is -2.39.